The van der Waals surface area contributed by atoms with Crippen LogP contribution in [0.25, 0.3) is 0 Å². The Hall–Kier alpha value is -1.46. The number of carboxylic acid groups (broad SMARTS) is 1. The number of rotatable bonds is 2. The van der Waals surface area contributed by atoms with Crippen LogP contribution in [0.3, 0.4) is 0 Å². The number of aliphatic carboxylic acids is 1. The fraction of sp³-hybridized carbons (Fsp3) is 0.385. The van der Waals surface area contributed by atoms with E-state index < -0.39 is 11.9 Å². The van der Waals surface area contributed by atoms with E-state index in [-0.39, 0.29) is 12.6 Å². The molecule has 1 unspecified atom stereocenters. The van der Waals surface area contributed by atoms with Crippen molar-refractivity contribution in [2.24, 2.45) is 5.92 Å². The summed E-state index contributed by atoms with van der Waals surface area (Å²) >= 11 is 12.0. The first kappa shape index (κ1) is 14.9. The molecule has 0 saturated carbocycles. The first-order valence-electron chi connectivity index (χ1n) is 6.13. The monoisotopic (exact) mass is 316 g/mol. The Morgan fingerprint density at radius 2 is 1.95 bits per heavy atom. The van der Waals surface area contributed by atoms with Gasteiger partial charge in [-0.1, -0.05) is 23.2 Å². The number of nitrogens with zero attached hydrogens (tertiary/aromatic N) is 1. The van der Waals surface area contributed by atoms with Crippen LogP contribution in [0.2, 0.25) is 10.0 Å². The number of carbonyl (C=O) groups excluding carboxylic acids is 1. The van der Waals surface area contributed by atoms with Crippen LogP contribution in [0.4, 0.5) is 10.5 Å². The molecule has 2 N–H and O–H groups in total. The average molecular weight is 317 g/mol. The zero-order valence-corrected chi connectivity index (χ0v) is 12.3. The largest absolute Gasteiger partial charge is 0.481 e. The molecule has 0 aliphatic carbocycles. The maximum absolute atomic E-state index is 12.0. The van der Waals surface area contributed by atoms with Gasteiger partial charge in [-0.25, -0.2) is 4.79 Å². The number of likely N-dealkylation sites (tertiary alicyclic amines) is 1. The van der Waals surface area contributed by atoms with Crippen molar-refractivity contribution in [2.75, 3.05) is 18.4 Å². The molecule has 1 atom stereocenters. The standard InChI is InChI=1S/C13H14Cl2N2O3/c1-7-10(14)4-9(5-11(7)15)16-13(20)17-3-2-8(6-17)12(18)19/h4-5,8H,2-3,6H2,1H3,(H,16,20)(H,18,19). The molecule has 0 spiro atoms. The van der Waals surface area contributed by atoms with Gasteiger partial charge in [0.15, 0.2) is 0 Å². The number of urea groups is 1. The Bertz CT molecular complexity index is 540. The highest BCUT2D eigenvalue weighted by atomic mass is 35.5. The summed E-state index contributed by atoms with van der Waals surface area (Å²) in [6.45, 7) is 2.43. The molecule has 1 aliphatic heterocycles. The molecule has 1 fully saturated rings. The fourth-order valence-corrected chi connectivity index (χ4v) is 2.55. The van der Waals surface area contributed by atoms with E-state index in [9.17, 15) is 9.59 Å². The van der Waals surface area contributed by atoms with E-state index in [1.165, 1.54) is 4.90 Å². The van der Waals surface area contributed by atoms with Crippen LogP contribution in [0, 0.1) is 12.8 Å². The molecule has 1 aliphatic rings. The SMILES string of the molecule is Cc1c(Cl)cc(NC(=O)N2CCC(C(=O)O)C2)cc1Cl. The topological polar surface area (TPSA) is 69.6 Å². The Labute approximate surface area is 126 Å². The lowest BCUT2D eigenvalue weighted by molar-refractivity contribution is -0.141. The molecule has 0 bridgehead atoms. The molecule has 1 aromatic carbocycles. The van der Waals surface area contributed by atoms with E-state index in [0.717, 1.165) is 5.56 Å². The van der Waals surface area contributed by atoms with E-state index in [1.807, 2.05) is 0 Å². The van der Waals surface area contributed by atoms with Crippen molar-refractivity contribution in [3.63, 3.8) is 0 Å². The Morgan fingerprint density at radius 3 is 2.45 bits per heavy atom. The summed E-state index contributed by atoms with van der Waals surface area (Å²) in [5.41, 5.74) is 1.24. The molecule has 7 heteroatoms. The number of nitrogens with one attached hydrogen (secondary N) is 1. The van der Waals surface area contributed by atoms with E-state index in [2.05, 4.69) is 5.32 Å². The van der Waals surface area contributed by atoms with Gasteiger partial charge in [-0.15, -0.1) is 0 Å². The minimum atomic E-state index is -0.873. The summed E-state index contributed by atoms with van der Waals surface area (Å²) in [7, 11) is 0. The first-order valence-corrected chi connectivity index (χ1v) is 6.88. The zero-order valence-electron chi connectivity index (χ0n) is 10.8. The minimum absolute atomic E-state index is 0.217. The summed E-state index contributed by atoms with van der Waals surface area (Å²) < 4.78 is 0. The second-order valence-corrected chi connectivity index (χ2v) is 5.58. The van der Waals surface area contributed by atoms with Crippen LogP contribution in [-0.4, -0.2) is 35.1 Å². The van der Waals surface area contributed by atoms with Gasteiger partial charge in [-0.3, -0.25) is 4.79 Å². The van der Waals surface area contributed by atoms with Crippen molar-refractivity contribution < 1.29 is 14.7 Å². The molecule has 0 aromatic heterocycles. The van der Waals surface area contributed by atoms with Gasteiger partial charge >= 0.3 is 12.0 Å². The van der Waals surface area contributed by atoms with Gasteiger partial charge in [-0.2, -0.15) is 0 Å². The number of benzene rings is 1. The summed E-state index contributed by atoms with van der Waals surface area (Å²) in [5.74, 6) is -1.37. The highest BCUT2D eigenvalue weighted by molar-refractivity contribution is 6.36. The third-order valence-corrected chi connectivity index (χ3v) is 4.14. The second-order valence-electron chi connectivity index (χ2n) is 4.76. The first-order chi connectivity index (χ1) is 9.38. The molecule has 5 nitrogen and oxygen atoms in total. The van der Waals surface area contributed by atoms with Crippen molar-refractivity contribution in [3.05, 3.63) is 27.7 Å². The van der Waals surface area contributed by atoms with Crippen molar-refractivity contribution in [1.29, 1.82) is 0 Å². The molecule has 2 amide bonds. The Morgan fingerprint density at radius 1 is 1.35 bits per heavy atom. The van der Waals surface area contributed by atoms with Crippen molar-refractivity contribution >= 4 is 40.9 Å². The average Bonchev–Trinajstić information content (AvgIpc) is 2.85. The smallest absolute Gasteiger partial charge is 0.321 e. The number of amides is 2. The van der Waals surface area contributed by atoms with E-state index in [4.69, 9.17) is 28.3 Å². The van der Waals surface area contributed by atoms with Crippen LogP contribution in [0.15, 0.2) is 12.1 Å². The van der Waals surface area contributed by atoms with Crippen molar-refractivity contribution in [1.82, 2.24) is 4.90 Å². The predicted octanol–water partition coefficient (Wildman–Crippen LogP) is 3.24. The molecule has 1 aromatic rings. The summed E-state index contributed by atoms with van der Waals surface area (Å²) in [6.07, 6.45) is 0.470. The van der Waals surface area contributed by atoms with Crippen molar-refractivity contribution in [3.8, 4) is 0 Å². The van der Waals surface area contributed by atoms with Gasteiger partial charge in [0, 0.05) is 28.8 Å². The highest BCUT2D eigenvalue weighted by Crippen LogP contribution is 2.28. The minimum Gasteiger partial charge on any atom is -0.481 e. The summed E-state index contributed by atoms with van der Waals surface area (Å²) in [4.78, 5) is 24.4. The molecule has 20 heavy (non-hydrogen) atoms. The quantitative estimate of drug-likeness (QED) is 0.880. The van der Waals surface area contributed by atoms with Gasteiger partial charge < -0.3 is 15.3 Å². The fourth-order valence-electron chi connectivity index (χ4n) is 2.07. The second kappa shape index (κ2) is 5.89. The normalized spacial score (nSPS) is 18.1. The number of carboxylic acids is 1. The van der Waals surface area contributed by atoms with Crippen LogP contribution >= 0.6 is 23.2 Å². The van der Waals surface area contributed by atoms with Gasteiger partial charge in [0.1, 0.15) is 0 Å². The number of hydrogen-bond donors (Lipinski definition) is 2. The van der Waals surface area contributed by atoms with Gasteiger partial charge in [0.2, 0.25) is 0 Å². The number of anilines is 1. The highest BCUT2D eigenvalue weighted by Gasteiger charge is 2.30. The maximum Gasteiger partial charge on any atom is 0.321 e. The summed E-state index contributed by atoms with van der Waals surface area (Å²) in [5, 5.41) is 12.5. The van der Waals surface area contributed by atoms with Crippen LogP contribution in [0.1, 0.15) is 12.0 Å². The molecule has 1 heterocycles. The lowest BCUT2D eigenvalue weighted by atomic mass is 10.1. The maximum atomic E-state index is 12.0. The van der Waals surface area contributed by atoms with Gasteiger partial charge in [-0.05, 0) is 31.0 Å². The molecule has 108 valence electrons. The van der Waals surface area contributed by atoms with E-state index in [1.54, 1.807) is 19.1 Å². The predicted molar refractivity (Wildman–Crippen MR) is 77.5 cm³/mol. The zero-order chi connectivity index (χ0) is 14.9. The van der Waals surface area contributed by atoms with Crippen molar-refractivity contribution in [2.45, 2.75) is 13.3 Å². The lowest BCUT2D eigenvalue weighted by Crippen LogP contribution is -2.33. The van der Waals surface area contributed by atoms with Gasteiger partial charge in [0.25, 0.3) is 0 Å². The third-order valence-electron chi connectivity index (χ3n) is 3.36. The van der Waals surface area contributed by atoms with Crippen LogP contribution < -0.4 is 5.32 Å². The molecule has 2 rings (SSSR count). The third kappa shape index (κ3) is 3.16. The molecular weight excluding hydrogens is 303 g/mol. The number of hydrogen-bond acceptors (Lipinski definition) is 2. The Balaban J connectivity index is 2.04. The molecular formula is C13H14Cl2N2O3. The van der Waals surface area contributed by atoms with Crippen LogP contribution in [-0.2, 0) is 4.79 Å². The van der Waals surface area contributed by atoms with Gasteiger partial charge in [0.05, 0.1) is 5.92 Å². The van der Waals surface area contributed by atoms with Crippen LogP contribution in [0.5, 0.6) is 0 Å². The Kier molecular flexibility index (Phi) is 4.40. The molecule has 0 radical (unpaired) electrons. The number of halogens is 2. The van der Waals surface area contributed by atoms with E-state index in [0.29, 0.717) is 28.7 Å². The number of carbonyl (C=O) groups is 2. The van der Waals surface area contributed by atoms with E-state index >= 15 is 0 Å². The molecule has 1 saturated heterocycles. The lowest BCUT2D eigenvalue weighted by Gasteiger charge is -2.17. The summed E-state index contributed by atoms with van der Waals surface area (Å²) in [6, 6.07) is 2.89.